The lowest BCUT2D eigenvalue weighted by Crippen LogP contribution is -2.39. The van der Waals surface area contributed by atoms with Crippen molar-refractivity contribution >= 4 is 0 Å². The first-order valence-electron chi connectivity index (χ1n) is 14.7. The van der Waals surface area contributed by atoms with Gasteiger partial charge in [0, 0.05) is 0 Å². The predicted octanol–water partition coefficient (Wildman–Crippen LogP) is -8.73. The molecule has 5 saturated heterocycles. The Balaban J connectivity index is 1.04. The highest BCUT2D eigenvalue weighted by molar-refractivity contribution is 4.93. The van der Waals surface area contributed by atoms with Crippen LogP contribution in [-0.4, -0.2) is 217 Å². The van der Waals surface area contributed by atoms with Crippen molar-refractivity contribution in [1.82, 2.24) is 0 Å². The second-order valence-electron chi connectivity index (χ2n) is 11.7. The van der Waals surface area contributed by atoms with E-state index in [0.717, 1.165) is 0 Å². The van der Waals surface area contributed by atoms with Crippen LogP contribution in [0.15, 0.2) is 0 Å². The molecule has 5 fully saturated rings. The monoisotopic (exact) mass is 678 g/mol. The molecule has 268 valence electrons. The SMILES string of the molecule is OCC1OC(OCC2OC(OCC3OC(OCC4OC(OCC5OC(O)C(O)C5O)C(O)C4O)C(O)C3O)C(O)C2O)C(O)C1O. The maximum absolute atomic E-state index is 10.4. The van der Waals surface area contributed by atoms with Crippen LogP contribution in [0.3, 0.4) is 0 Å². The zero-order valence-corrected chi connectivity index (χ0v) is 24.1. The van der Waals surface area contributed by atoms with Gasteiger partial charge in [0.25, 0.3) is 0 Å². The van der Waals surface area contributed by atoms with Crippen LogP contribution in [0.1, 0.15) is 0 Å². The van der Waals surface area contributed by atoms with Crippen LogP contribution in [0.25, 0.3) is 0 Å². The first kappa shape index (κ1) is 36.4. The van der Waals surface area contributed by atoms with E-state index in [1.807, 2.05) is 0 Å². The smallest absolute Gasteiger partial charge is 0.186 e. The maximum atomic E-state index is 10.4. The van der Waals surface area contributed by atoms with E-state index in [2.05, 4.69) is 0 Å². The third-order valence-electron chi connectivity index (χ3n) is 8.49. The molecule has 0 amide bonds. The number of aliphatic hydroxyl groups excluding tert-OH is 12. The summed E-state index contributed by atoms with van der Waals surface area (Å²) < 4.78 is 48.1. The molecule has 0 aromatic carbocycles. The molecule has 5 heterocycles. The second-order valence-corrected chi connectivity index (χ2v) is 11.7. The second kappa shape index (κ2) is 15.4. The number of hydrogen-bond donors (Lipinski definition) is 12. The van der Waals surface area contributed by atoms with Crippen LogP contribution < -0.4 is 0 Å². The normalized spacial score (nSPS) is 52.7. The van der Waals surface area contributed by atoms with Gasteiger partial charge in [0.15, 0.2) is 31.5 Å². The van der Waals surface area contributed by atoms with E-state index in [1.54, 1.807) is 0 Å². The highest BCUT2D eigenvalue weighted by Crippen LogP contribution is 2.30. The van der Waals surface area contributed by atoms with Gasteiger partial charge in [0.2, 0.25) is 0 Å². The number of hydrogen-bond acceptors (Lipinski definition) is 21. The third kappa shape index (κ3) is 7.50. The van der Waals surface area contributed by atoms with Crippen molar-refractivity contribution in [3.63, 3.8) is 0 Å². The summed E-state index contributed by atoms with van der Waals surface area (Å²) in [5.74, 6) is 0. The quantitative estimate of drug-likeness (QED) is 0.0860. The zero-order chi connectivity index (χ0) is 33.4. The first-order valence-corrected chi connectivity index (χ1v) is 14.7. The van der Waals surface area contributed by atoms with Crippen molar-refractivity contribution in [1.29, 1.82) is 0 Å². The summed E-state index contributed by atoms with van der Waals surface area (Å²) >= 11 is 0. The Hall–Kier alpha value is -0.840. The van der Waals surface area contributed by atoms with E-state index < -0.39 is 156 Å². The molecule has 12 N–H and O–H groups in total. The van der Waals surface area contributed by atoms with Crippen molar-refractivity contribution < 1.29 is 104 Å². The minimum Gasteiger partial charge on any atom is -0.394 e. The summed E-state index contributed by atoms with van der Waals surface area (Å²) in [5, 5.41) is 120. The molecule has 5 rings (SSSR count). The van der Waals surface area contributed by atoms with Crippen molar-refractivity contribution in [2.75, 3.05) is 33.0 Å². The molecule has 20 unspecified atom stereocenters. The van der Waals surface area contributed by atoms with E-state index >= 15 is 0 Å². The molecule has 5 aliphatic heterocycles. The molecular formula is C25H42O21. The number of rotatable bonds is 13. The van der Waals surface area contributed by atoms with E-state index in [-0.39, 0.29) is 0 Å². The van der Waals surface area contributed by atoms with Gasteiger partial charge in [-0.3, -0.25) is 0 Å². The van der Waals surface area contributed by atoms with E-state index in [4.69, 9.17) is 42.6 Å². The Morgan fingerprint density at radius 1 is 0.326 bits per heavy atom. The lowest BCUT2D eigenvalue weighted by Gasteiger charge is -2.21. The summed E-state index contributed by atoms with van der Waals surface area (Å²) in [5.41, 5.74) is 0. The predicted molar refractivity (Wildman–Crippen MR) is 136 cm³/mol. The minimum atomic E-state index is -1.63. The van der Waals surface area contributed by atoms with Gasteiger partial charge in [-0.2, -0.15) is 0 Å². The van der Waals surface area contributed by atoms with Gasteiger partial charge >= 0.3 is 0 Å². The van der Waals surface area contributed by atoms with Gasteiger partial charge in [-0.05, 0) is 0 Å². The van der Waals surface area contributed by atoms with Crippen LogP contribution in [0.5, 0.6) is 0 Å². The summed E-state index contributed by atoms with van der Waals surface area (Å²) in [6.07, 6.45) is -28.2. The Morgan fingerprint density at radius 3 is 0.848 bits per heavy atom. The molecule has 20 atom stereocenters. The van der Waals surface area contributed by atoms with Gasteiger partial charge in [-0.15, -0.1) is 0 Å². The third-order valence-corrected chi connectivity index (χ3v) is 8.49. The maximum Gasteiger partial charge on any atom is 0.186 e. The Kier molecular flexibility index (Phi) is 12.2. The fourth-order valence-electron chi connectivity index (χ4n) is 5.60. The van der Waals surface area contributed by atoms with Crippen LogP contribution in [0.2, 0.25) is 0 Å². The molecule has 46 heavy (non-hydrogen) atoms. The standard InChI is InChI=1S/C25H42O21/c26-1-6-11(27)17(33)22(43-6)39-3-8-13(29)19(35)24(45-8)41-5-10-15(31)20(36)25(46-10)40-4-9-14(30)18(34)23(44-9)38-2-7-12(28)16(32)21(37)42-7/h6-37H,1-5H2. The number of ether oxygens (including phenoxy) is 9. The average Bonchev–Trinajstić information content (AvgIpc) is 3.74. The molecule has 0 radical (unpaired) electrons. The molecule has 0 aliphatic carbocycles. The largest absolute Gasteiger partial charge is 0.394 e. The Bertz CT molecular complexity index is 965. The van der Waals surface area contributed by atoms with Crippen LogP contribution >= 0.6 is 0 Å². The topological polar surface area (TPSA) is 326 Å². The summed E-state index contributed by atoms with van der Waals surface area (Å²) in [4.78, 5) is 0. The molecule has 0 aromatic rings. The van der Waals surface area contributed by atoms with Crippen molar-refractivity contribution in [2.45, 2.75) is 123 Å². The van der Waals surface area contributed by atoms with Crippen molar-refractivity contribution in [2.24, 2.45) is 0 Å². The molecule has 0 spiro atoms. The summed E-state index contributed by atoms with van der Waals surface area (Å²) in [7, 11) is 0. The molecule has 0 aromatic heterocycles. The van der Waals surface area contributed by atoms with Crippen molar-refractivity contribution in [3.8, 4) is 0 Å². The van der Waals surface area contributed by atoms with Crippen LogP contribution in [-0.2, 0) is 42.6 Å². The summed E-state index contributed by atoms with van der Waals surface area (Å²) in [6.45, 7) is -2.28. The zero-order valence-electron chi connectivity index (χ0n) is 24.1. The molecule has 0 saturated carbocycles. The van der Waals surface area contributed by atoms with E-state index in [9.17, 15) is 61.3 Å². The van der Waals surface area contributed by atoms with E-state index in [1.165, 1.54) is 0 Å². The fourth-order valence-corrected chi connectivity index (χ4v) is 5.60. The van der Waals surface area contributed by atoms with Gasteiger partial charge in [-0.1, -0.05) is 0 Å². The summed E-state index contributed by atoms with van der Waals surface area (Å²) in [6, 6.07) is 0. The molecule has 0 bridgehead atoms. The molecular weight excluding hydrogens is 636 g/mol. The van der Waals surface area contributed by atoms with Gasteiger partial charge in [0.1, 0.15) is 91.6 Å². The molecule has 5 aliphatic rings. The van der Waals surface area contributed by atoms with Crippen LogP contribution in [0.4, 0.5) is 0 Å². The fraction of sp³-hybridized carbons (Fsp3) is 1.00. The number of aliphatic hydroxyl groups is 12. The highest BCUT2D eigenvalue weighted by atomic mass is 16.8. The minimum absolute atomic E-state index is 0.403. The van der Waals surface area contributed by atoms with Crippen molar-refractivity contribution in [3.05, 3.63) is 0 Å². The lowest BCUT2D eigenvalue weighted by molar-refractivity contribution is -0.227. The molecule has 21 heteroatoms. The highest BCUT2D eigenvalue weighted by Gasteiger charge is 2.50. The van der Waals surface area contributed by atoms with Crippen LogP contribution in [0, 0.1) is 0 Å². The lowest BCUT2D eigenvalue weighted by atomic mass is 10.1. The van der Waals surface area contributed by atoms with Gasteiger partial charge in [0.05, 0.1) is 33.0 Å². The molecule has 21 nitrogen and oxygen atoms in total. The van der Waals surface area contributed by atoms with Gasteiger partial charge in [-0.25, -0.2) is 0 Å². The Morgan fingerprint density at radius 2 is 0.587 bits per heavy atom. The van der Waals surface area contributed by atoms with E-state index in [0.29, 0.717) is 0 Å². The van der Waals surface area contributed by atoms with Gasteiger partial charge < -0.3 is 104 Å². The first-order chi connectivity index (χ1) is 21.8. The average molecular weight is 679 g/mol. The Labute approximate surface area is 260 Å².